The molecule has 2 rings (SSSR count). The van der Waals surface area contributed by atoms with Crippen LogP contribution in [0, 0.1) is 0 Å². The molecular weight excluding hydrogens is 266 g/mol. The first kappa shape index (κ1) is 15.0. The largest absolute Gasteiger partial charge is 0.457 e. The first-order valence-electron chi connectivity index (χ1n) is 6.69. The van der Waals surface area contributed by atoms with Gasteiger partial charge in [0.2, 0.25) is 0 Å². The Morgan fingerprint density at radius 2 is 1.95 bits per heavy atom. The van der Waals surface area contributed by atoms with E-state index in [1.165, 1.54) is 0 Å². The third kappa shape index (κ3) is 4.89. The Hall–Kier alpha value is -2.40. The Morgan fingerprint density at radius 3 is 2.62 bits per heavy atom. The molecule has 110 valence electrons. The monoisotopic (exact) mass is 285 g/mol. The number of ether oxygens (including phenoxy) is 1. The molecule has 0 aliphatic carbocycles. The summed E-state index contributed by atoms with van der Waals surface area (Å²) in [5.41, 5.74) is 5.94. The molecule has 5 heteroatoms. The van der Waals surface area contributed by atoms with E-state index in [4.69, 9.17) is 10.5 Å². The lowest BCUT2D eigenvalue weighted by Crippen LogP contribution is -2.45. The van der Waals surface area contributed by atoms with Crippen LogP contribution in [-0.2, 0) is 0 Å². The van der Waals surface area contributed by atoms with Crippen LogP contribution in [-0.4, -0.2) is 23.0 Å². The van der Waals surface area contributed by atoms with Crippen molar-refractivity contribution in [1.82, 2.24) is 10.3 Å². The molecule has 0 fully saturated rings. The van der Waals surface area contributed by atoms with Gasteiger partial charge in [0.1, 0.15) is 11.5 Å². The molecule has 0 saturated carbocycles. The van der Waals surface area contributed by atoms with Crippen LogP contribution in [0.1, 0.15) is 24.2 Å². The summed E-state index contributed by atoms with van der Waals surface area (Å²) in [5.74, 6) is 1.10. The maximum Gasteiger partial charge on any atom is 0.251 e. The number of pyridine rings is 1. The van der Waals surface area contributed by atoms with Crippen LogP contribution in [0.2, 0.25) is 0 Å². The highest BCUT2D eigenvalue weighted by Crippen LogP contribution is 2.21. The van der Waals surface area contributed by atoms with Crippen molar-refractivity contribution in [1.29, 1.82) is 0 Å². The topological polar surface area (TPSA) is 77.2 Å². The Balaban J connectivity index is 2.05. The van der Waals surface area contributed by atoms with E-state index < -0.39 is 5.54 Å². The smallest absolute Gasteiger partial charge is 0.251 e. The SMILES string of the molecule is CC(C)(N)CNC(=O)c1cccc(Oc2ccncc2)c1. The molecule has 0 spiro atoms. The second-order valence-electron chi connectivity index (χ2n) is 5.48. The van der Waals surface area contributed by atoms with Gasteiger partial charge in [-0.1, -0.05) is 6.07 Å². The molecule has 0 aliphatic heterocycles. The van der Waals surface area contributed by atoms with E-state index in [2.05, 4.69) is 10.3 Å². The van der Waals surface area contributed by atoms with E-state index in [1.54, 1.807) is 48.8 Å². The average molecular weight is 285 g/mol. The summed E-state index contributed by atoms with van der Waals surface area (Å²) in [4.78, 5) is 16.0. The van der Waals surface area contributed by atoms with Crippen molar-refractivity contribution in [2.75, 3.05) is 6.54 Å². The lowest BCUT2D eigenvalue weighted by atomic mass is 10.1. The van der Waals surface area contributed by atoms with Crippen molar-refractivity contribution in [3.63, 3.8) is 0 Å². The molecule has 21 heavy (non-hydrogen) atoms. The minimum atomic E-state index is -0.444. The van der Waals surface area contributed by atoms with Gasteiger partial charge in [-0.15, -0.1) is 0 Å². The van der Waals surface area contributed by atoms with Crippen molar-refractivity contribution >= 4 is 5.91 Å². The quantitative estimate of drug-likeness (QED) is 0.884. The number of carbonyl (C=O) groups is 1. The van der Waals surface area contributed by atoms with Crippen LogP contribution in [0.25, 0.3) is 0 Å². The molecule has 3 N–H and O–H groups in total. The Kier molecular flexibility index (Phi) is 4.55. The minimum absolute atomic E-state index is 0.172. The fraction of sp³-hybridized carbons (Fsp3) is 0.250. The van der Waals surface area contributed by atoms with Gasteiger partial charge < -0.3 is 15.8 Å². The average Bonchev–Trinajstić information content (AvgIpc) is 2.45. The molecular formula is C16H19N3O2. The highest BCUT2D eigenvalue weighted by molar-refractivity contribution is 5.94. The zero-order valence-electron chi connectivity index (χ0n) is 12.2. The molecule has 0 bridgehead atoms. The first-order valence-corrected chi connectivity index (χ1v) is 6.69. The number of nitrogens with zero attached hydrogens (tertiary/aromatic N) is 1. The standard InChI is InChI=1S/C16H19N3O2/c1-16(2,17)11-19-15(20)12-4-3-5-14(10-12)21-13-6-8-18-9-7-13/h3-10H,11,17H2,1-2H3,(H,19,20). The van der Waals surface area contributed by atoms with Crippen LogP contribution in [0.5, 0.6) is 11.5 Å². The van der Waals surface area contributed by atoms with E-state index in [-0.39, 0.29) is 5.91 Å². The molecule has 5 nitrogen and oxygen atoms in total. The van der Waals surface area contributed by atoms with Crippen LogP contribution in [0.4, 0.5) is 0 Å². The van der Waals surface area contributed by atoms with Gasteiger partial charge in [0, 0.05) is 30.0 Å². The van der Waals surface area contributed by atoms with Crippen molar-refractivity contribution in [2.45, 2.75) is 19.4 Å². The minimum Gasteiger partial charge on any atom is -0.457 e. The number of carbonyl (C=O) groups excluding carboxylic acids is 1. The van der Waals surface area contributed by atoms with Gasteiger partial charge in [0.15, 0.2) is 0 Å². The van der Waals surface area contributed by atoms with Crippen molar-refractivity contribution in [2.24, 2.45) is 5.73 Å². The summed E-state index contributed by atoms with van der Waals surface area (Å²) >= 11 is 0. The summed E-state index contributed by atoms with van der Waals surface area (Å²) in [6.45, 7) is 4.12. The third-order valence-corrected chi connectivity index (χ3v) is 2.69. The maximum atomic E-state index is 12.1. The lowest BCUT2D eigenvalue weighted by Gasteiger charge is -2.19. The molecule has 0 radical (unpaired) electrons. The van der Waals surface area contributed by atoms with Gasteiger partial charge in [-0.2, -0.15) is 0 Å². The molecule has 1 amide bonds. The Bertz CT molecular complexity index is 606. The fourth-order valence-electron chi connectivity index (χ4n) is 1.65. The Morgan fingerprint density at radius 1 is 1.24 bits per heavy atom. The van der Waals surface area contributed by atoms with Crippen LogP contribution in [0.15, 0.2) is 48.8 Å². The van der Waals surface area contributed by atoms with E-state index in [9.17, 15) is 4.79 Å². The molecule has 0 atom stereocenters. The molecule has 0 saturated heterocycles. The summed E-state index contributed by atoms with van der Waals surface area (Å²) in [6, 6.07) is 10.5. The molecule has 1 aromatic carbocycles. The summed E-state index contributed by atoms with van der Waals surface area (Å²) in [5, 5.41) is 2.80. The number of rotatable bonds is 5. The zero-order chi connectivity index (χ0) is 15.3. The lowest BCUT2D eigenvalue weighted by molar-refractivity contribution is 0.0945. The second kappa shape index (κ2) is 6.37. The number of benzene rings is 1. The van der Waals surface area contributed by atoms with Crippen molar-refractivity contribution < 1.29 is 9.53 Å². The summed E-state index contributed by atoms with van der Waals surface area (Å²) in [6.07, 6.45) is 3.30. The number of hydrogen-bond acceptors (Lipinski definition) is 4. The predicted octanol–water partition coefficient (Wildman–Crippen LogP) is 2.34. The summed E-state index contributed by atoms with van der Waals surface area (Å²) < 4.78 is 5.67. The van der Waals surface area contributed by atoms with Gasteiger partial charge in [-0.25, -0.2) is 0 Å². The molecule has 1 aromatic heterocycles. The molecule has 2 aromatic rings. The van der Waals surface area contributed by atoms with Gasteiger partial charge in [0.25, 0.3) is 5.91 Å². The van der Waals surface area contributed by atoms with Gasteiger partial charge in [-0.3, -0.25) is 9.78 Å². The van der Waals surface area contributed by atoms with Crippen molar-refractivity contribution in [3.8, 4) is 11.5 Å². The molecule has 0 unspecified atom stereocenters. The molecule has 1 heterocycles. The third-order valence-electron chi connectivity index (χ3n) is 2.69. The highest BCUT2D eigenvalue weighted by Gasteiger charge is 2.13. The van der Waals surface area contributed by atoms with Crippen LogP contribution in [0.3, 0.4) is 0 Å². The Labute approximate surface area is 124 Å². The number of hydrogen-bond donors (Lipinski definition) is 2. The summed E-state index contributed by atoms with van der Waals surface area (Å²) in [7, 11) is 0. The molecule has 0 aliphatic rings. The first-order chi connectivity index (χ1) is 9.94. The predicted molar refractivity (Wildman–Crippen MR) is 81.4 cm³/mol. The van der Waals surface area contributed by atoms with Crippen molar-refractivity contribution in [3.05, 3.63) is 54.4 Å². The van der Waals surface area contributed by atoms with Crippen LogP contribution >= 0.6 is 0 Å². The number of amides is 1. The van der Waals surface area contributed by atoms with Crippen LogP contribution < -0.4 is 15.8 Å². The maximum absolute atomic E-state index is 12.1. The highest BCUT2D eigenvalue weighted by atomic mass is 16.5. The normalized spacial score (nSPS) is 11.0. The van der Waals surface area contributed by atoms with E-state index >= 15 is 0 Å². The van der Waals surface area contributed by atoms with Gasteiger partial charge in [0.05, 0.1) is 0 Å². The van der Waals surface area contributed by atoms with E-state index in [0.717, 1.165) is 0 Å². The van der Waals surface area contributed by atoms with Gasteiger partial charge in [-0.05, 0) is 44.2 Å². The number of nitrogens with two attached hydrogens (primary N) is 1. The van der Waals surface area contributed by atoms with E-state index in [0.29, 0.717) is 23.6 Å². The fourth-order valence-corrected chi connectivity index (χ4v) is 1.65. The second-order valence-corrected chi connectivity index (χ2v) is 5.48. The van der Waals surface area contributed by atoms with E-state index in [1.807, 2.05) is 13.8 Å². The van der Waals surface area contributed by atoms with Gasteiger partial charge >= 0.3 is 0 Å². The number of aromatic nitrogens is 1. The number of nitrogens with one attached hydrogen (secondary N) is 1. The zero-order valence-corrected chi connectivity index (χ0v) is 12.2.